The summed E-state index contributed by atoms with van der Waals surface area (Å²) in [5, 5.41) is 12.6. The molecule has 1 aliphatic heterocycles. The zero-order valence-corrected chi connectivity index (χ0v) is 14.4. The van der Waals surface area contributed by atoms with Crippen LogP contribution in [0.1, 0.15) is 40.7 Å². The summed E-state index contributed by atoms with van der Waals surface area (Å²) in [5.74, 6) is -1.06. The SMILES string of the molecule is Cc1nc(CCCC(=O)N2CCc3ccccc3C2C(=O)O)cs1. The minimum atomic E-state index is -0.967. The van der Waals surface area contributed by atoms with Crippen LogP contribution in [0.2, 0.25) is 0 Å². The third-order valence-electron chi connectivity index (χ3n) is 4.33. The van der Waals surface area contributed by atoms with Gasteiger partial charge in [0.2, 0.25) is 5.91 Å². The van der Waals surface area contributed by atoms with Crippen LogP contribution in [0.15, 0.2) is 29.6 Å². The molecule has 0 saturated heterocycles. The number of carbonyl (C=O) groups excluding carboxylic acids is 1. The highest BCUT2D eigenvalue weighted by Gasteiger charge is 2.35. The highest BCUT2D eigenvalue weighted by Crippen LogP contribution is 2.30. The molecule has 1 atom stereocenters. The minimum Gasteiger partial charge on any atom is -0.479 e. The van der Waals surface area contributed by atoms with Crippen LogP contribution in [0, 0.1) is 6.92 Å². The van der Waals surface area contributed by atoms with Crippen LogP contribution in [0.5, 0.6) is 0 Å². The van der Waals surface area contributed by atoms with E-state index in [9.17, 15) is 14.7 Å². The van der Waals surface area contributed by atoms with E-state index in [1.54, 1.807) is 11.3 Å². The standard InChI is InChI=1S/C18H20N2O3S/c1-12-19-14(11-24-12)6-4-8-16(21)20-10-9-13-5-2-3-7-15(13)17(20)18(22)23/h2-3,5,7,11,17H,4,6,8-10H2,1H3,(H,22,23). The fraction of sp³-hybridized carbons (Fsp3) is 0.389. The Kier molecular flexibility index (Phi) is 4.94. The maximum absolute atomic E-state index is 12.6. The minimum absolute atomic E-state index is 0.0937. The van der Waals surface area contributed by atoms with E-state index in [4.69, 9.17) is 0 Å². The normalized spacial score (nSPS) is 16.7. The smallest absolute Gasteiger partial charge is 0.331 e. The number of aryl methyl sites for hydroxylation is 2. The molecule has 1 aliphatic rings. The zero-order valence-electron chi connectivity index (χ0n) is 13.6. The lowest BCUT2D eigenvalue weighted by Crippen LogP contribution is -2.43. The molecule has 126 valence electrons. The second-order valence-electron chi connectivity index (χ2n) is 5.99. The Labute approximate surface area is 145 Å². The van der Waals surface area contributed by atoms with E-state index in [2.05, 4.69) is 4.98 Å². The van der Waals surface area contributed by atoms with Crippen LogP contribution in [0.25, 0.3) is 0 Å². The van der Waals surface area contributed by atoms with Crippen LogP contribution in [0.3, 0.4) is 0 Å². The number of aromatic nitrogens is 1. The van der Waals surface area contributed by atoms with Crippen molar-refractivity contribution in [1.82, 2.24) is 9.88 Å². The van der Waals surface area contributed by atoms with Crippen molar-refractivity contribution < 1.29 is 14.7 Å². The van der Waals surface area contributed by atoms with Gasteiger partial charge in [-0.15, -0.1) is 11.3 Å². The molecule has 0 bridgehead atoms. The maximum Gasteiger partial charge on any atom is 0.331 e. The molecule has 0 radical (unpaired) electrons. The van der Waals surface area contributed by atoms with Gasteiger partial charge in [0.15, 0.2) is 6.04 Å². The fourth-order valence-electron chi connectivity index (χ4n) is 3.19. The lowest BCUT2D eigenvalue weighted by Gasteiger charge is -2.34. The summed E-state index contributed by atoms with van der Waals surface area (Å²) in [6.45, 7) is 2.42. The molecule has 1 N–H and O–H groups in total. The molecule has 0 fully saturated rings. The number of carbonyl (C=O) groups is 2. The van der Waals surface area contributed by atoms with Crippen molar-refractivity contribution in [3.63, 3.8) is 0 Å². The number of fused-ring (bicyclic) bond motifs is 1. The van der Waals surface area contributed by atoms with Gasteiger partial charge in [-0.3, -0.25) is 4.79 Å². The van der Waals surface area contributed by atoms with Crippen molar-refractivity contribution in [1.29, 1.82) is 0 Å². The highest BCUT2D eigenvalue weighted by molar-refractivity contribution is 7.09. The van der Waals surface area contributed by atoms with Crippen molar-refractivity contribution in [3.8, 4) is 0 Å². The van der Waals surface area contributed by atoms with Gasteiger partial charge in [-0.05, 0) is 37.3 Å². The van der Waals surface area contributed by atoms with Gasteiger partial charge in [-0.2, -0.15) is 0 Å². The van der Waals surface area contributed by atoms with E-state index in [1.165, 1.54) is 4.90 Å². The molecule has 1 aromatic heterocycles. The number of hydrogen-bond donors (Lipinski definition) is 1. The number of carboxylic acid groups (broad SMARTS) is 1. The monoisotopic (exact) mass is 344 g/mol. The number of thiazole rings is 1. The van der Waals surface area contributed by atoms with E-state index < -0.39 is 12.0 Å². The highest BCUT2D eigenvalue weighted by atomic mass is 32.1. The summed E-state index contributed by atoms with van der Waals surface area (Å²) in [4.78, 5) is 30.2. The predicted molar refractivity (Wildman–Crippen MR) is 92.0 cm³/mol. The third-order valence-corrected chi connectivity index (χ3v) is 5.15. The summed E-state index contributed by atoms with van der Waals surface area (Å²) < 4.78 is 0. The second-order valence-corrected chi connectivity index (χ2v) is 7.05. The average molecular weight is 344 g/mol. The first-order valence-electron chi connectivity index (χ1n) is 8.07. The van der Waals surface area contributed by atoms with Gasteiger partial charge in [0.25, 0.3) is 0 Å². The molecule has 5 nitrogen and oxygen atoms in total. The van der Waals surface area contributed by atoms with Crippen LogP contribution < -0.4 is 0 Å². The van der Waals surface area contributed by atoms with Gasteiger partial charge in [-0.1, -0.05) is 24.3 Å². The largest absolute Gasteiger partial charge is 0.479 e. The number of rotatable bonds is 5. The molecule has 2 aromatic rings. The first kappa shape index (κ1) is 16.6. The van der Waals surface area contributed by atoms with Gasteiger partial charge < -0.3 is 10.0 Å². The van der Waals surface area contributed by atoms with Gasteiger partial charge in [-0.25, -0.2) is 9.78 Å². The van der Waals surface area contributed by atoms with E-state index in [0.29, 0.717) is 25.8 Å². The first-order valence-corrected chi connectivity index (χ1v) is 8.95. The van der Waals surface area contributed by atoms with E-state index in [-0.39, 0.29) is 5.91 Å². The molecule has 1 amide bonds. The van der Waals surface area contributed by atoms with Gasteiger partial charge in [0.05, 0.1) is 10.7 Å². The van der Waals surface area contributed by atoms with E-state index >= 15 is 0 Å². The molecule has 0 saturated carbocycles. The number of aliphatic carboxylic acids is 1. The quantitative estimate of drug-likeness (QED) is 0.905. The number of carboxylic acids is 1. The molecule has 1 aromatic carbocycles. The summed E-state index contributed by atoms with van der Waals surface area (Å²) in [7, 11) is 0. The average Bonchev–Trinajstić information content (AvgIpc) is 2.98. The number of hydrogen-bond acceptors (Lipinski definition) is 4. The zero-order chi connectivity index (χ0) is 17.1. The van der Waals surface area contributed by atoms with Gasteiger partial charge in [0, 0.05) is 18.3 Å². The molecule has 2 heterocycles. The van der Waals surface area contributed by atoms with Gasteiger partial charge in [0.1, 0.15) is 0 Å². The van der Waals surface area contributed by atoms with Crippen LogP contribution in [-0.4, -0.2) is 33.4 Å². The van der Waals surface area contributed by atoms with Crippen molar-refractivity contribution >= 4 is 23.2 Å². The van der Waals surface area contributed by atoms with Crippen molar-refractivity contribution in [2.75, 3.05) is 6.54 Å². The Morgan fingerprint density at radius 2 is 2.17 bits per heavy atom. The van der Waals surface area contributed by atoms with Crippen molar-refractivity contribution in [2.45, 2.75) is 38.6 Å². The molecule has 24 heavy (non-hydrogen) atoms. The Balaban J connectivity index is 1.66. The number of benzene rings is 1. The summed E-state index contributed by atoms with van der Waals surface area (Å²) in [5.41, 5.74) is 2.76. The van der Waals surface area contributed by atoms with Crippen molar-refractivity contribution in [3.05, 3.63) is 51.5 Å². The van der Waals surface area contributed by atoms with Crippen molar-refractivity contribution in [2.24, 2.45) is 0 Å². The molecule has 0 spiro atoms. The Morgan fingerprint density at radius 1 is 1.38 bits per heavy atom. The third kappa shape index (κ3) is 3.48. The number of nitrogens with zero attached hydrogens (tertiary/aromatic N) is 2. The Bertz CT molecular complexity index is 756. The lowest BCUT2D eigenvalue weighted by molar-refractivity contribution is -0.151. The Morgan fingerprint density at radius 3 is 2.88 bits per heavy atom. The topological polar surface area (TPSA) is 70.5 Å². The summed E-state index contributed by atoms with van der Waals surface area (Å²) in [6.07, 6.45) is 2.49. The second kappa shape index (κ2) is 7.13. The summed E-state index contributed by atoms with van der Waals surface area (Å²) >= 11 is 1.60. The maximum atomic E-state index is 12.6. The van der Waals surface area contributed by atoms with Crippen LogP contribution in [0.4, 0.5) is 0 Å². The van der Waals surface area contributed by atoms with Gasteiger partial charge >= 0.3 is 5.97 Å². The molecular weight excluding hydrogens is 324 g/mol. The summed E-state index contributed by atoms with van der Waals surface area (Å²) in [6, 6.07) is 6.62. The molecular formula is C18H20N2O3S. The lowest BCUT2D eigenvalue weighted by atomic mass is 9.92. The fourth-order valence-corrected chi connectivity index (χ4v) is 3.84. The van der Waals surface area contributed by atoms with E-state index in [1.807, 2.05) is 36.6 Å². The van der Waals surface area contributed by atoms with Crippen LogP contribution >= 0.6 is 11.3 Å². The predicted octanol–water partition coefficient (Wildman–Crippen LogP) is 2.98. The molecule has 3 rings (SSSR count). The molecule has 0 aliphatic carbocycles. The first-order chi connectivity index (χ1) is 11.6. The van der Waals surface area contributed by atoms with Crippen LogP contribution in [-0.2, 0) is 22.4 Å². The number of amides is 1. The molecule has 6 heteroatoms. The molecule has 1 unspecified atom stereocenters. The van der Waals surface area contributed by atoms with E-state index in [0.717, 1.165) is 28.2 Å². The Hall–Kier alpha value is -2.21.